The van der Waals surface area contributed by atoms with E-state index in [0.717, 1.165) is 12.1 Å². The largest absolute Gasteiger partial charge is 0.313 e. The van der Waals surface area contributed by atoms with Gasteiger partial charge in [0.05, 0.1) is 5.69 Å². The number of fused-ring (bicyclic) bond motifs is 1. The van der Waals surface area contributed by atoms with Crippen molar-refractivity contribution in [2.24, 2.45) is 0 Å². The minimum absolute atomic E-state index is 0.529. The fraction of sp³-hybridized carbons (Fsp3) is 0.308. The highest BCUT2D eigenvalue weighted by Gasteiger charge is 2.20. The van der Waals surface area contributed by atoms with Crippen LogP contribution in [0.25, 0.3) is 5.69 Å². The minimum Gasteiger partial charge on any atom is -0.313 e. The van der Waals surface area contributed by atoms with Crippen molar-refractivity contribution in [2.75, 3.05) is 7.05 Å². The highest BCUT2D eigenvalue weighted by molar-refractivity contribution is 5.44. The molecule has 1 aromatic heterocycles. The van der Waals surface area contributed by atoms with E-state index in [2.05, 4.69) is 28.6 Å². The maximum atomic E-state index is 4.25. The first-order chi connectivity index (χ1) is 7.88. The maximum absolute atomic E-state index is 4.25. The Labute approximate surface area is 95.1 Å². The molecule has 0 saturated heterocycles. The average molecular weight is 213 g/mol. The Morgan fingerprint density at radius 3 is 3.12 bits per heavy atom. The monoisotopic (exact) mass is 213 g/mol. The van der Waals surface area contributed by atoms with Crippen molar-refractivity contribution >= 4 is 0 Å². The Kier molecular flexibility index (Phi) is 2.26. The Balaban J connectivity index is 2.01. The van der Waals surface area contributed by atoms with Crippen molar-refractivity contribution in [1.82, 2.24) is 15.1 Å². The summed E-state index contributed by atoms with van der Waals surface area (Å²) < 4.78 is 1.91. The molecular formula is C13H15N3. The van der Waals surface area contributed by atoms with E-state index in [4.69, 9.17) is 0 Å². The average Bonchev–Trinajstić information content (AvgIpc) is 2.97. The number of aryl methyl sites for hydroxylation is 1. The SMILES string of the molecule is CNC1CCc2cc(-n3cccn3)ccc21. The number of nitrogens with one attached hydrogen (secondary N) is 1. The van der Waals surface area contributed by atoms with Crippen molar-refractivity contribution in [3.8, 4) is 5.69 Å². The first kappa shape index (κ1) is 9.60. The summed E-state index contributed by atoms with van der Waals surface area (Å²) in [4.78, 5) is 0. The molecule has 0 fully saturated rings. The molecule has 82 valence electrons. The second kappa shape index (κ2) is 3.76. The zero-order valence-corrected chi connectivity index (χ0v) is 9.35. The van der Waals surface area contributed by atoms with Crippen LogP contribution < -0.4 is 5.32 Å². The van der Waals surface area contributed by atoms with Crippen LogP contribution in [0.4, 0.5) is 0 Å². The normalized spacial score (nSPS) is 18.7. The molecule has 0 bridgehead atoms. The molecule has 1 heterocycles. The summed E-state index contributed by atoms with van der Waals surface area (Å²) in [5.74, 6) is 0. The molecular weight excluding hydrogens is 198 g/mol. The van der Waals surface area contributed by atoms with Gasteiger partial charge in [-0.1, -0.05) is 6.07 Å². The first-order valence-electron chi connectivity index (χ1n) is 5.68. The Morgan fingerprint density at radius 1 is 1.44 bits per heavy atom. The van der Waals surface area contributed by atoms with Gasteiger partial charge in [0, 0.05) is 18.4 Å². The molecule has 0 saturated carbocycles. The summed E-state index contributed by atoms with van der Waals surface area (Å²) in [7, 11) is 2.03. The third-order valence-electron chi connectivity index (χ3n) is 3.32. The molecule has 1 N–H and O–H groups in total. The van der Waals surface area contributed by atoms with Gasteiger partial charge in [-0.3, -0.25) is 0 Å². The van der Waals surface area contributed by atoms with Gasteiger partial charge in [0.25, 0.3) is 0 Å². The summed E-state index contributed by atoms with van der Waals surface area (Å²) in [6.45, 7) is 0. The molecule has 1 atom stereocenters. The third-order valence-corrected chi connectivity index (χ3v) is 3.32. The van der Waals surface area contributed by atoms with E-state index in [9.17, 15) is 0 Å². The predicted molar refractivity (Wildman–Crippen MR) is 63.7 cm³/mol. The second-order valence-electron chi connectivity index (χ2n) is 4.21. The van der Waals surface area contributed by atoms with Crippen molar-refractivity contribution in [3.63, 3.8) is 0 Å². The summed E-state index contributed by atoms with van der Waals surface area (Å²) in [6, 6.07) is 9.09. The molecule has 3 rings (SSSR count). The maximum Gasteiger partial charge on any atom is 0.0648 e. The van der Waals surface area contributed by atoms with Crippen LogP contribution in [-0.2, 0) is 6.42 Å². The summed E-state index contributed by atoms with van der Waals surface area (Å²) in [5, 5.41) is 7.60. The minimum atomic E-state index is 0.529. The van der Waals surface area contributed by atoms with Gasteiger partial charge in [-0.25, -0.2) is 4.68 Å². The van der Waals surface area contributed by atoms with Crippen molar-refractivity contribution in [3.05, 3.63) is 47.8 Å². The number of aromatic nitrogens is 2. The van der Waals surface area contributed by atoms with Crippen LogP contribution in [0, 0.1) is 0 Å². The highest BCUT2D eigenvalue weighted by atomic mass is 15.3. The van der Waals surface area contributed by atoms with Crippen LogP contribution in [0.15, 0.2) is 36.7 Å². The lowest BCUT2D eigenvalue weighted by Crippen LogP contribution is -2.12. The van der Waals surface area contributed by atoms with Crippen LogP contribution in [-0.4, -0.2) is 16.8 Å². The fourth-order valence-electron chi connectivity index (χ4n) is 2.47. The van der Waals surface area contributed by atoms with Gasteiger partial charge in [-0.2, -0.15) is 5.10 Å². The summed E-state index contributed by atoms with van der Waals surface area (Å²) in [5.41, 5.74) is 4.05. The van der Waals surface area contributed by atoms with Gasteiger partial charge in [0.15, 0.2) is 0 Å². The van der Waals surface area contributed by atoms with Gasteiger partial charge in [0.2, 0.25) is 0 Å². The zero-order valence-electron chi connectivity index (χ0n) is 9.35. The standard InChI is InChI=1S/C13H15N3/c1-14-13-6-3-10-9-11(4-5-12(10)13)16-8-2-7-15-16/h2,4-5,7-9,13-14H,3,6H2,1H3. The smallest absolute Gasteiger partial charge is 0.0648 e. The number of rotatable bonds is 2. The Morgan fingerprint density at radius 2 is 2.38 bits per heavy atom. The lowest BCUT2D eigenvalue weighted by Gasteiger charge is -2.10. The van der Waals surface area contributed by atoms with Crippen LogP contribution >= 0.6 is 0 Å². The van der Waals surface area contributed by atoms with Crippen LogP contribution in [0.2, 0.25) is 0 Å². The topological polar surface area (TPSA) is 29.9 Å². The van der Waals surface area contributed by atoms with E-state index in [-0.39, 0.29) is 0 Å². The molecule has 1 aromatic carbocycles. The Hall–Kier alpha value is -1.61. The summed E-state index contributed by atoms with van der Waals surface area (Å²) >= 11 is 0. The lowest BCUT2D eigenvalue weighted by atomic mass is 10.1. The number of benzene rings is 1. The molecule has 0 amide bonds. The predicted octanol–water partition coefficient (Wildman–Crippen LogP) is 2.08. The number of nitrogens with zero attached hydrogens (tertiary/aromatic N) is 2. The van der Waals surface area contributed by atoms with Crippen LogP contribution in [0.1, 0.15) is 23.6 Å². The first-order valence-corrected chi connectivity index (χ1v) is 5.68. The molecule has 1 aliphatic carbocycles. The van der Waals surface area contributed by atoms with Crippen LogP contribution in [0.5, 0.6) is 0 Å². The van der Waals surface area contributed by atoms with Crippen LogP contribution in [0.3, 0.4) is 0 Å². The molecule has 16 heavy (non-hydrogen) atoms. The van der Waals surface area contributed by atoms with E-state index in [1.54, 1.807) is 0 Å². The lowest BCUT2D eigenvalue weighted by molar-refractivity contribution is 0.590. The van der Waals surface area contributed by atoms with Gasteiger partial charge < -0.3 is 5.32 Å². The molecule has 1 unspecified atom stereocenters. The van der Waals surface area contributed by atoms with E-state index in [1.807, 2.05) is 30.2 Å². The highest BCUT2D eigenvalue weighted by Crippen LogP contribution is 2.31. The van der Waals surface area contributed by atoms with E-state index < -0.39 is 0 Å². The summed E-state index contributed by atoms with van der Waals surface area (Å²) in [6.07, 6.45) is 6.15. The molecule has 2 aromatic rings. The van der Waals surface area contributed by atoms with Gasteiger partial charge in [0.1, 0.15) is 0 Å². The van der Waals surface area contributed by atoms with E-state index >= 15 is 0 Å². The van der Waals surface area contributed by atoms with Gasteiger partial charge in [-0.15, -0.1) is 0 Å². The van der Waals surface area contributed by atoms with E-state index in [0.29, 0.717) is 6.04 Å². The van der Waals surface area contributed by atoms with Crippen molar-refractivity contribution < 1.29 is 0 Å². The number of hydrogen-bond acceptors (Lipinski definition) is 2. The molecule has 0 aliphatic heterocycles. The molecule has 0 radical (unpaired) electrons. The Bertz CT molecular complexity index is 488. The second-order valence-corrected chi connectivity index (χ2v) is 4.21. The fourth-order valence-corrected chi connectivity index (χ4v) is 2.47. The molecule has 3 nitrogen and oxygen atoms in total. The molecule has 3 heteroatoms. The molecule has 0 spiro atoms. The van der Waals surface area contributed by atoms with Gasteiger partial charge >= 0.3 is 0 Å². The van der Waals surface area contributed by atoms with E-state index in [1.165, 1.54) is 17.5 Å². The van der Waals surface area contributed by atoms with Gasteiger partial charge in [-0.05, 0) is 49.2 Å². The van der Waals surface area contributed by atoms with Crippen molar-refractivity contribution in [2.45, 2.75) is 18.9 Å². The molecule has 1 aliphatic rings. The number of hydrogen-bond donors (Lipinski definition) is 1. The van der Waals surface area contributed by atoms with Crippen molar-refractivity contribution in [1.29, 1.82) is 0 Å². The third kappa shape index (κ3) is 1.44. The zero-order chi connectivity index (χ0) is 11.0. The quantitative estimate of drug-likeness (QED) is 0.827.